The highest BCUT2D eigenvalue weighted by atomic mass is 16.6. The first-order chi connectivity index (χ1) is 13.4. The highest BCUT2D eigenvalue weighted by Gasteiger charge is 2.11. The highest BCUT2D eigenvalue weighted by Crippen LogP contribution is 2.21. The molecule has 142 valence electrons. The predicted octanol–water partition coefficient (Wildman–Crippen LogP) is 2.87. The lowest BCUT2D eigenvalue weighted by Crippen LogP contribution is -2.19. The maximum atomic E-state index is 12.0. The van der Waals surface area contributed by atoms with Gasteiger partial charge in [-0.2, -0.15) is 5.10 Å². The van der Waals surface area contributed by atoms with E-state index in [1.807, 2.05) is 24.5 Å². The fourth-order valence-electron chi connectivity index (χ4n) is 2.76. The van der Waals surface area contributed by atoms with E-state index in [0.717, 1.165) is 28.8 Å². The minimum absolute atomic E-state index is 0.0253. The van der Waals surface area contributed by atoms with Gasteiger partial charge in [0.05, 0.1) is 11.1 Å². The Kier molecular flexibility index (Phi) is 5.16. The third-order valence-electron chi connectivity index (χ3n) is 4.14. The lowest BCUT2D eigenvalue weighted by atomic mass is 10.2. The number of nitrogens with one attached hydrogen (secondary N) is 1. The number of hydrazone groups is 1. The number of aromatic hydroxyl groups is 1. The van der Waals surface area contributed by atoms with Gasteiger partial charge in [-0.3, -0.25) is 14.9 Å². The van der Waals surface area contributed by atoms with Crippen molar-refractivity contribution in [2.75, 3.05) is 0 Å². The van der Waals surface area contributed by atoms with Gasteiger partial charge in [-0.25, -0.2) is 10.4 Å². The van der Waals surface area contributed by atoms with Crippen LogP contribution < -0.4 is 5.43 Å². The third-order valence-corrected chi connectivity index (χ3v) is 4.14. The topological polar surface area (TPSA) is 123 Å². The number of aryl methyl sites for hydroxylation is 1. The number of pyridine rings is 1. The van der Waals surface area contributed by atoms with Gasteiger partial charge in [-0.1, -0.05) is 0 Å². The minimum atomic E-state index is -0.587. The van der Waals surface area contributed by atoms with Crippen molar-refractivity contribution in [2.45, 2.75) is 13.8 Å². The molecule has 0 atom stereocenters. The number of hydrogen-bond acceptors (Lipinski definition) is 6. The first kappa shape index (κ1) is 18.8. The molecule has 0 radical (unpaired) electrons. The number of rotatable bonds is 5. The standard InChI is InChI=1S/C19H17N5O4/c1-12-9-14(13(2)23(12)15-3-6-17(25)7-4-15)10-21-22-19(26)18-8-5-16(11-20-18)24(27)28/h3-11,25H,1-2H3,(H,22,26)/b21-10+. The second-order valence-electron chi connectivity index (χ2n) is 6.04. The number of nitrogens with zero attached hydrogens (tertiary/aromatic N) is 4. The molecule has 2 heterocycles. The van der Waals surface area contributed by atoms with Crippen LogP contribution in [0.25, 0.3) is 5.69 Å². The van der Waals surface area contributed by atoms with Gasteiger partial charge in [-0.15, -0.1) is 0 Å². The lowest BCUT2D eigenvalue weighted by Gasteiger charge is -2.09. The Morgan fingerprint density at radius 1 is 1.25 bits per heavy atom. The lowest BCUT2D eigenvalue weighted by molar-refractivity contribution is -0.385. The van der Waals surface area contributed by atoms with Crippen LogP contribution in [-0.2, 0) is 0 Å². The summed E-state index contributed by atoms with van der Waals surface area (Å²) in [5.74, 6) is -0.381. The monoisotopic (exact) mass is 379 g/mol. The van der Waals surface area contributed by atoms with Crippen molar-refractivity contribution in [3.05, 3.63) is 81.4 Å². The van der Waals surface area contributed by atoms with Crippen molar-refractivity contribution in [3.63, 3.8) is 0 Å². The normalized spacial score (nSPS) is 10.9. The molecule has 0 aliphatic heterocycles. The molecule has 1 aromatic carbocycles. The molecule has 9 nitrogen and oxygen atoms in total. The quantitative estimate of drug-likeness (QED) is 0.401. The molecule has 0 aliphatic rings. The smallest absolute Gasteiger partial charge is 0.289 e. The summed E-state index contributed by atoms with van der Waals surface area (Å²) in [6.45, 7) is 3.86. The Morgan fingerprint density at radius 2 is 1.96 bits per heavy atom. The summed E-state index contributed by atoms with van der Waals surface area (Å²) >= 11 is 0. The van der Waals surface area contributed by atoms with Crippen LogP contribution in [-0.4, -0.2) is 31.7 Å². The van der Waals surface area contributed by atoms with Crippen LogP contribution in [0.2, 0.25) is 0 Å². The van der Waals surface area contributed by atoms with Crippen LogP contribution in [0.4, 0.5) is 5.69 Å². The fourth-order valence-corrected chi connectivity index (χ4v) is 2.76. The van der Waals surface area contributed by atoms with Gasteiger partial charge in [0, 0.05) is 28.7 Å². The summed E-state index contributed by atoms with van der Waals surface area (Å²) in [6, 6.07) is 11.2. The molecular weight excluding hydrogens is 362 g/mol. The summed E-state index contributed by atoms with van der Waals surface area (Å²) in [5.41, 5.74) is 5.77. The molecule has 0 aliphatic carbocycles. The van der Waals surface area contributed by atoms with Crippen LogP contribution in [0.3, 0.4) is 0 Å². The molecule has 0 saturated heterocycles. The number of carbonyl (C=O) groups is 1. The number of phenolic OH excluding ortho intramolecular Hbond substituents is 1. The van der Waals surface area contributed by atoms with Gasteiger partial charge >= 0.3 is 0 Å². The van der Waals surface area contributed by atoms with Crippen LogP contribution in [0.1, 0.15) is 27.4 Å². The molecule has 0 bridgehead atoms. The van der Waals surface area contributed by atoms with Crippen molar-refractivity contribution < 1.29 is 14.8 Å². The Balaban J connectivity index is 1.74. The second-order valence-corrected chi connectivity index (χ2v) is 6.04. The third kappa shape index (κ3) is 3.88. The molecule has 0 saturated carbocycles. The van der Waals surface area contributed by atoms with Gasteiger partial charge in [-0.05, 0) is 50.2 Å². The average Bonchev–Trinajstić information content (AvgIpc) is 2.96. The van der Waals surface area contributed by atoms with Gasteiger partial charge in [0.1, 0.15) is 17.6 Å². The second kappa shape index (κ2) is 7.70. The Bertz CT molecular complexity index is 1050. The molecule has 1 amide bonds. The van der Waals surface area contributed by atoms with Crippen molar-refractivity contribution in [3.8, 4) is 11.4 Å². The van der Waals surface area contributed by atoms with Crippen LogP contribution >= 0.6 is 0 Å². The van der Waals surface area contributed by atoms with E-state index < -0.39 is 10.8 Å². The average molecular weight is 379 g/mol. The summed E-state index contributed by atoms with van der Waals surface area (Å²) < 4.78 is 2.00. The highest BCUT2D eigenvalue weighted by molar-refractivity contribution is 5.93. The number of nitro groups is 1. The number of aromatic nitrogens is 2. The molecule has 0 fully saturated rings. The van der Waals surface area contributed by atoms with Crippen molar-refractivity contribution in [2.24, 2.45) is 5.10 Å². The number of carbonyl (C=O) groups excluding carboxylic acids is 1. The minimum Gasteiger partial charge on any atom is -0.508 e. The van der Waals surface area contributed by atoms with Gasteiger partial charge in [0.2, 0.25) is 0 Å². The summed E-state index contributed by atoms with van der Waals surface area (Å²) in [7, 11) is 0. The molecule has 2 N–H and O–H groups in total. The van der Waals surface area contributed by atoms with E-state index in [9.17, 15) is 20.0 Å². The number of amides is 1. The first-order valence-corrected chi connectivity index (χ1v) is 8.29. The van der Waals surface area contributed by atoms with E-state index in [1.54, 1.807) is 24.3 Å². The zero-order valence-electron chi connectivity index (χ0n) is 15.2. The molecule has 2 aromatic heterocycles. The number of phenols is 1. The van der Waals surface area contributed by atoms with Gasteiger partial charge in [0.15, 0.2) is 0 Å². The summed E-state index contributed by atoms with van der Waals surface area (Å²) in [6.07, 6.45) is 2.53. The predicted molar refractivity (Wildman–Crippen MR) is 103 cm³/mol. The van der Waals surface area contributed by atoms with E-state index >= 15 is 0 Å². The molecule has 0 spiro atoms. The van der Waals surface area contributed by atoms with E-state index in [1.165, 1.54) is 18.3 Å². The van der Waals surface area contributed by atoms with E-state index in [0.29, 0.717) is 0 Å². The van der Waals surface area contributed by atoms with Gasteiger partial charge in [0.25, 0.3) is 11.6 Å². The largest absolute Gasteiger partial charge is 0.508 e. The SMILES string of the molecule is Cc1cc(/C=N/NC(=O)c2ccc([N+](=O)[O-])cn2)c(C)n1-c1ccc(O)cc1. The van der Waals surface area contributed by atoms with Crippen LogP contribution in [0, 0.1) is 24.0 Å². The van der Waals surface area contributed by atoms with Gasteiger partial charge < -0.3 is 9.67 Å². The van der Waals surface area contributed by atoms with Crippen LogP contribution in [0.15, 0.2) is 53.8 Å². The zero-order valence-corrected chi connectivity index (χ0v) is 15.2. The van der Waals surface area contributed by atoms with E-state index in [-0.39, 0.29) is 17.1 Å². The molecule has 3 aromatic rings. The maximum Gasteiger partial charge on any atom is 0.289 e. The first-order valence-electron chi connectivity index (χ1n) is 8.29. The number of hydrogen-bond donors (Lipinski definition) is 2. The van der Waals surface area contributed by atoms with Crippen molar-refractivity contribution in [1.29, 1.82) is 0 Å². The Morgan fingerprint density at radius 3 is 2.57 bits per heavy atom. The van der Waals surface area contributed by atoms with E-state index in [2.05, 4.69) is 15.5 Å². The summed E-state index contributed by atoms with van der Waals surface area (Å²) in [5, 5.41) is 24.0. The molecule has 28 heavy (non-hydrogen) atoms. The fraction of sp³-hybridized carbons (Fsp3) is 0.105. The van der Waals surface area contributed by atoms with Crippen molar-refractivity contribution >= 4 is 17.8 Å². The molecule has 3 rings (SSSR count). The van der Waals surface area contributed by atoms with E-state index in [4.69, 9.17) is 0 Å². The zero-order chi connectivity index (χ0) is 20.3. The number of benzene rings is 1. The molecule has 9 heteroatoms. The summed E-state index contributed by atoms with van der Waals surface area (Å²) in [4.78, 5) is 25.8. The van der Waals surface area contributed by atoms with Crippen molar-refractivity contribution in [1.82, 2.24) is 15.0 Å². The van der Waals surface area contributed by atoms with Crippen LogP contribution in [0.5, 0.6) is 5.75 Å². The Hall–Kier alpha value is -4.01. The maximum absolute atomic E-state index is 12.0. The molecular formula is C19H17N5O4. The Labute approximate surface area is 160 Å². The molecule has 0 unspecified atom stereocenters.